The molecule has 7 rings (SSSR count). The summed E-state index contributed by atoms with van der Waals surface area (Å²) in [7, 11) is -1.78. The lowest BCUT2D eigenvalue weighted by atomic mass is 9.82. The van der Waals surface area contributed by atoms with Gasteiger partial charge in [-0.15, -0.1) is 5.10 Å². The standard InChI is InChI=1S/C38H43FN6O5Si/c1-24-36(51(3,4)39)34(15-17-44-23-28(16-18-46)42-43-44)50-38(24)31-20-29(49-2)13-14-33(31)45(37(38)48)22-25-9-11-27(12-10-25)41-35(47)19-26-21-40-32-8-6-5-7-30(26)32/h5-14,20-21,23-24,34,36,40,46H,15-19,22H2,1-4H3,(H,41,47)/t24-,34+,36-,38+/m0/s1. The van der Waals surface area contributed by atoms with Crippen molar-refractivity contribution in [2.45, 2.75) is 69.6 Å². The highest BCUT2D eigenvalue weighted by atomic mass is 28.4. The first-order valence-electron chi connectivity index (χ1n) is 17.3. The summed E-state index contributed by atoms with van der Waals surface area (Å²) < 4.78 is 30.4. The van der Waals surface area contributed by atoms with Crippen LogP contribution in [0.15, 0.2) is 79.1 Å². The van der Waals surface area contributed by atoms with Gasteiger partial charge in [-0.3, -0.25) is 14.3 Å². The van der Waals surface area contributed by atoms with Crippen LogP contribution in [0.1, 0.15) is 35.7 Å². The van der Waals surface area contributed by atoms with Crippen molar-refractivity contribution >= 4 is 42.5 Å². The molecular weight excluding hydrogens is 668 g/mol. The van der Waals surface area contributed by atoms with Crippen LogP contribution in [0.3, 0.4) is 0 Å². The molecule has 266 valence electrons. The number of aliphatic hydroxyl groups is 1. The van der Waals surface area contributed by atoms with E-state index >= 15 is 4.11 Å². The summed E-state index contributed by atoms with van der Waals surface area (Å²) in [6.07, 6.45) is 4.19. The number of aromatic amines is 1. The van der Waals surface area contributed by atoms with Gasteiger partial charge in [-0.1, -0.05) is 42.5 Å². The highest BCUT2D eigenvalue weighted by molar-refractivity contribution is 6.72. The number of halogens is 1. The van der Waals surface area contributed by atoms with Crippen LogP contribution in [0.5, 0.6) is 5.75 Å². The zero-order valence-electron chi connectivity index (χ0n) is 29.2. The van der Waals surface area contributed by atoms with Gasteiger partial charge in [-0.25, -0.2) is 0 Å². The van der Waals surface area contributed by atoms with E-state index in [4.69, 9.17) is 9.47 Å². The number of methoxy groups -OCH3 is 1. The number of carbonyl (C=O) groups excluding carboxylic acids is 2. The van der Waals surface area contributed by atoms with E-state index < -0.39 is 31.6 Å². The molecule has 3 N–H and O–H groups in total. The Morgan fingerprint density at radius 1 is 1.16 bits per heavy atom. The van der Waals surface area contributed by atoms with Gasteiger partial charge in [0, 0.05) is 65.6 Å². The van der Waals surface area contributed by atoms with Crippen molar-refractivity contribution in [1.82, 2.24) is 20.0 Å². The second-order valence-electron chi connectivity index (χ2n) is 14.1. The van der Waals surface area contributed by atoms with Crippen LogP contribution in [0, 0.1) is 5.92 Å². The molecule has 0 saturated carbocycles. The molecular formula is C38H43FN6O5Si. The summed E-state index contributed by atoms with van der Waals surface area (Å²) in [6, 6.07) is 20.9. The lowest BCUT2D eigenvalue weighted by molar-refractivity contribution is -0.146. The number of rotatable bonds is 12. The Hall–Kier alpha value is -4.85. The Balaban J connectivity index is 1.11. The third-order valence-corrected chi connectivity index (χ3v) is 12.8. The first kappa shape index (κ1) is 34.6. The fourth-order valence-corrected chi connectivity index (χ4v) is 10.6. The number of ether oxygens (including phenoxy) is 2. The molecule has 1 spiro atoms. The Bertz CT molecular complexity index is 2060. The minimum absolute atomic E-state index is 0.0249. The minimum atomic E-state index is -3.35. The number of aliphatic hydroxyl groups excluding tert-OH is 1. The van der Waals surface area contributed by atoms with E-state index in [2.05, 4.69) is 20.6 Å². The number of fused-ring (bicyclic) bond motifs is 3. The van der Waals surface area contributed by atoms with Gasteiger partial charge >= 0.3 is 0 Å². The smallest absolute Gasteiger partial charge is 0.264 e. The van der Waals surface area contributed by atoms with Crippen molar-refractivity contribution in [2.24, 2.45) is 5.92 Å². The number of benzene rings is 3. The molecule has 2 amide bonds. The number of hydrogen-bond donors (Lipinski definition) is 3. The van der Waals surface area contributed by atoms with E-state index in [1.54, 1.807) is 36.0 Å². The van der Waals surface area contributed by atoms with Crippen LogP contribution >= 0.6 is 0 Å². The van der Waals surface area contributed by atoms with Crippen LogP contribution in [-0.2, 0) is 45.9 Å². The van der Waals surface area contributed by atoms with Gasteiger partial charge in [0.1, 0.15) is 5.75 Å². The number of para-hydroxylation sites is 1. The van der Waals surface area contributed by atoms with E-state index in [1.165, 1.54) is 0 Å². The van der Waals surface area contributed by atoms with Gasteiger partial charge in [-0.05, 0) is 67.0 Å². The second kappa shape index (κ2) is 13.7. The third kappa shape index (κ3) is 6.45. The van der Waals surface area contributed by atoms with Crippen molar-refractivity contribution in [3.05, 3.63) is 102 Å². The van der Waals surface area contributed by atoms with Gasteiger partial charge in [-0.2, -0.15) is 0 Å². The van der Waals surface area contributed by atoms with Gasteiger partial charge in [0.2, 0.25) is 14.3 Å². The average molecular weight is 711 g/mol. The van der Waals surface area contributed by atoms with Gasteiger partial charge < -0.3 is 33.9 Å². The molecule has 0 bridgehead atoms. The number of H-pyrrole nitrogens is 1. The fraction of sp³-hybridized carbons (Fsp3) is 0.368. The summed E-state index contributed by atoms with van der Waals surface area (Å²) in [5.74, 6) is -0.224. The molecule has 1 fully saturated rings. The highest BCUT2D eigenvalue weighted by Gasteiger charge is 2.66. The summed E-state index contributed by atoms with van der Waals surface area (Å²) in [5, 5.41) is 21.6. The number of nitrogens with one attached hydrogen (secondary N) is 2. The molecule has 11 nitrogen and oxygen atoms in total. The SMILES string of the molecule is COc1ccc2c(c1)[C@@]1(O[C@H](CCn3cc(CCO)nn3)[C@@H]([Si](C)(C)F)[C@@H]1C)C(=O)N2Cc1ccc(NC(=O)Cc2c[nH]c3ccccc23)cc1. The maximum absolute atomic E-state index is 16.3. The van der Waals surface area contributed by atoms with Crippen molar-refractivity contribution < 1.29 is 28.3 Å². The number of aryl methyl sites for hydroxylation is 1. The first-order chi connectivity index (χ1) is 24.5. The molecule has 0 unspecified atom stereocenters. The Morgan fingerprint density at radius 3 is 2.69 bits per heavy atom. The van der Waals surface area contributed by atoms with Crippen molar-refractivity contribution in [3.63, 3.8) is 0 Å². The third-order valence-electron chi connectivity index (χ3n) is 10.4. The predicted molar refractivity (Wildman–Crippen MR) is 195 cm³/mol. The zero-order valence-corrected chi connectivity index (χ0v) is 30.2. The molecule has 4 atom stereocenters. The summed E-state index contributed by atoms with van der Waals surface area (Å²) in [6.45, 7) is 5.97. The van der Waals surface area contributed by atoms with E-state index in [-0.39, 0.29) is 31.4 Å². The number of nitrogens with zero attached hydrogens (tertiary/aromatic N) is 4. The Morgan fingerprint density at radius 2 is 1.94 bits per heavy atom. The maximum Gasteiger partial charge on any atom is 0.264 e. The molecule has 51 heavy (non-hydrogen) atoms. The van der Waals surface area contributed by atoms with Gasteiger partial charge in [0.25, 0.3) is 5.91 Å². The molecule has 13 heteroatoms. The van der Waals surface area contributed by atoms with E-state index in [0.717, 1.165) is 22.0 Å². The lowest BCUT2D eigenvalue weighted by Crippen LogP contribution is -2.45. The molecule has 1 saturated heterocycles. The molecule has 3 aromatic carbocycles. The predicted octanol–water partition coefficient (Wildman–Crippen LogP) is 5.90. The topological polar surface area (TPSA) is 135 Å². The van der Waals surface area contributed by atoms with E-state index in [0.29, 0.717) is 47.8 Å². The Kier molecular flexibility index (Phi) is 9.29. The van der Waals surface area contributed by atoms with E-state index in [9.17, 15) is 14.7 Å². The van der Waals surface area contributed by atoms with Crippen LogP contribution in [0.4, 0.5) is 15.5 Å². The Labute approximate surface area is 296 Å². The van der Waals surface area contributed by atoms with Crippen LogP contribution < -0.4 is 15.0 Å². The largest absolute Gasteiger partial charge is 0.497 e. The van der Waals surface area contributed by atoms with E-state index in [1.807, 2.05) is 79.9 Å². The normalized spacial score (nSPS) is 21.5. The van der Waals surface area contributed by atoms with Gasteiger partial charge in [0.05, 0.1) is 37.6 Å². The van der Waals surface area contributed by atoms with Crippen molar-refractivity contribution in [2.75, 3.05) is 23.9 Å². The lowest BCUT2D eigenvalue weighted by Gasteiger charge is -2.31. The summed E-state index contributed by atoms with van der Waals surface area (Å²) in [4.78, 5) is 32.6. The number of amides is 2. The van der Waals surface area contributed by atoms with Gasteiger partial charge in [0.15, 0.2) is 5.60 Å². The minimum Gasteiger partial charge on any atom is -0.497 e. The van der Waals surface area contributed by atoms with Crippen LogP contribution in [0.2, 0.25) is 18.6 Å². The van der Waals surface area contributed by atoms with Crippen LogP contribution in [0.25, 0.3) is 10.9 Å². The van der Waals surface area contributed by atoms with Crippen LogP contribution in [-0.4, -0.2) is 65.1 Å². The fourth-order valence-electron chi connectivity index (χ4n) is 8.05. The molecule has 5 aromatic rings. The molecule has 0 radical (unpaired) electrons. The summed E-state index contributed by atoms with van der Waals surface area (Å²) >= 11 is 0. The average Bonchev–Trinajstić information content (AvgIpc) is 3.86. The number of carbonyl (C=O) groups is 2. The number of aromatic nitrogens is 4. The molecule has 2 aromatic heterocycles. The molecule has 2 aliphatic heterocycles. The number of hydrogen-bond acceptors (Lipinski definition) is 7. The monoisotopic (exact) mass is 710 g/mol. The highest BCUT2D eigenvalue weighted by Crippen LogP contribution is 2.60. The van der Waals surface area contributed by atoms with Crippen molar-refractivity contribution in [1.29, 1.82) is 0 Å². The van der Waals surface area contributed by atoms with Crippen molar-refractivity contribution in [3.8, 4) is 5.75 Å². The quantitative estimate of drug-likeness (QED) is 0.109. The summed E-state index contributed by atoms with van der Waals surface area (Å²) in [5.41, 5.74) is 3.63. The zero-order chi connectivity index (χ0) is 35.9. The first-order valence-corrected chi connectivity index (χ1v) is 20.3. The second-order valence-corrected chi connectivity index (χ2v) is 17.9. The molecule has 4 heterocycles. The molecule has 2 aliphatic rings. The molecule has 0 aliphatic carbocycles. The maximum atomic E-state index is 16.3. The number of anilines is 2.